The van der Waals surface area contributed by atoms with Crippen LogP contribution in [0.4, 0.5) is 10.5 Å². The molecule has 3 heterocycles. The van der Waals surface area contributed by atoms with Gasteiger partial charge in [-0.15, -0.1) is 0 Å². The number of hydrogen-bond donors (Lipinski definition) is 0. The van der Waals surface area contributed by atoms with Crippen molar-refractivity contribution in [1.29, 1.82) is 0 Å². The summed E-state index contributed by atoms with van der Waals surface area (Å²) in [6.07, 6.45) is 0.733. The normalized spacial score (nSPS) is 21.9. The minimum atomic E-state index is -0.310. The van der Waals surface area contributed by atoms with Crippen LogP contribution in [0, 0.1) is 25.3 Å². The molecule has 0 spiro atoms. The van der Waals surface area contributed by atoms with Crippen LogP contribution in [0.3, 0.4) is 0 Å². The maximum absolute atomic E-state index is 12.4. The number of ether oxygens (including phenoxy) is 4. The van der Waals surface area contributed by atoms with Gasteiger partial charge < -0.3 is 23.8 Å². The first kappa shape index (κ1) is 23.1. The lowest BCUT2D eigenvalue weighted by Crippen LogP contribution is -2.58. The predicted octanol–water partition coefficient (Wildman–Crippen LogP) is 4.65. The van der Waals surface area contributed by atoms with Crippen LogP contribution in [0.2, 0.25) is 5.02 Å². The predicted molar refractivity (Wildman–Crippen MR) is 120 cm³/mol. The molecule has 2 atom stereocenters. The number of fused-ring (bicyclic) bond motifs is 2. The van der Waals surface area contributed by atoms with Gasteiger partial charge >= 0.3 is 6.09 Å². The van der Waals surface area contributed by atoms with Gasteiger partial charge in [-0.3, -0.25) is 0 Å². The molecule has 1 aromatic heterocycles. The van der Waals surface area contributed by atoms with Gasteiger partial charge in [-0.25, -0.2) is 19.6 Å². The maximum atomic E-state index is 12.4. The zero-order chi connectivity index (χ0) is 23.5. The lowest BCUT2D eigenvalue weighted by Gasteiger charge is -2.46. The van der Waals surface area contributed by atoms with E-state index in [4.69, 9.17) is 37.1 Å². The van der Waals surface area contributed by atoms with E-state index in [1.54, 1.807) is 17.0 Å². The van der Waals surface area contributed by atoms with Crippen LogP contribution < -0.4 is 9.47 Å². The summed E-state index contributed by atoms with van der Waals surface area (Å²) in [7, 11) is 0. The first-order chi connectivity index (χ1) is 15.9. The van der Waals surface area contributed by atoms with E-state index in [0.717, 1.165) is 0 Å². The SMILES string of the molecule is [C-]#[N+]c1ccc(Oc2ncnc(OC3C4COCC3CN(C(=O)OC(C)C)C4)c2C)c(Cl)c1. The Morgan fingerprint density at radius 2 is 1.94 bits per heavy atom. The largest absolute Gasteiger partial charge is 0.473 e. The number of nitrogens with zero attached hydrogens (tertiary/aromatic N) is 4. The molecule has 0 aliphatic carbocycles. The summed E-state index contributed by atoms with van der Waals surface area (Å²) < 4.78 is 23.3. The summed E-state index contributed by atoms with van der Waals surface area (Å²) in [5.41, 5.74) is 1.05. The Bertz CT molecular complexity index is 1060. The minimum Gasteiger partial charge on any atom is -0.473 e. The fraction of sp³-hybridized carbons (Fsp3) is 0.478. The van der Waals surface area contributed by atoms with Gasteiger partial charge in [0.05, 0.1) is 36.5 Å². The second-order valence-corrected chi connectivity index (χ2v) is 8.82. The number of likely N-dealkylation sites (tertiary alicyclic amines) is 1. The molecule has 0 radical (unpaired) electrons. The van der Waals surface area contributed by atoms with Crippen molar-refractivity contribution in [2.75, 3.05) is 26.3 Å². The molecule has 2 bridgehead atoms. The van der Waals surface area contributed by atoms with Crippen molar-refractivity contribution in [2.45, 2.75) is 33.0 Å². The zero-order valence-corrected chi connectivity index (χ0v) is 19.4. The smallest absolute Gasteiger partial charge is 0.410 e. The summed E-state index contributed by atoms with van der Waals surface area (Å²) in [5, 5.41) is 0.316. The quantitative estimate of drug-likeness (QED) is 0.585. The molecular weight excluding hydrogens is 448 g/mol. The highest BCUT2D eigenvalue weighted by molar-refractivity contribution is 6.32. The molecule has 2 aliphatic heterocycles. The van der Waals surface area contributed by atoms with Crippen LogP contribution in [-0.4, -0.2) is 59.5 Å². The molecular formula is C23H25ClN4O5. The van der Waals surface area contributed by atoms with Crippen LogP contribution in [0.5, 0.6) is 17.5 Å². The van der Waals surface area contributed by atoms with E-state index >= 15 is 0 Å². The highest BCUT2D eigenvalue weighted by Crippen LogP contribution is 2.36. The van der Waals surface area contributed by atoms with Gasteiger partial charge in [-0.05, 0) is 32.9 Å². The first-order valence-corrected chi connectivity index (χ1v) is 11.1. The summed E-state index contributed by atoms with van der Waals surface area (Å²) >= 11 is 6.24. The number of carbonyl (C=O) groups excluding carboxylic acids is 1. The number of carbonyl (C=O) groups is 1. The van der Waals surface area contributed by atoms with E-state index in [2.05, 4.69) is 14.8 Å². The van der Waals surface area contributed by atoms with Crippen molar-refractivity contribution < 1.29 is 23.7 Å². The van der Waals surface area contributed by atoms with E-state index in [1.165, 1.54) is 12.4 Å². The second-order valence-electron chi connectivity index (χ2n) is 8.42. The molecule has 0 N–H and O–H groups in total. The third-order valence-electron chi connectivity index (χ3n) is 5.59. The molecule has 10 heteroatoms. The van der Waals surface area contributed by atoms with Gasteiger partial charge in [0.1, 0.15) is 18.2 Å². The van der Waals surface area contributed by atoms with E-state index in [0.29, 0.717) is 60.1 Å². The van der Waals surface area contributed by atoms with Gasteiger partial charge in [0.25, 0.3) is 0 Å². The van der Waals surface area contributed by atoms with Gasteiger partial charge in [0, 0.05) is 24.9 Å². The number of rotatable bonds is 5. The monoisotopic (exact) mass is 472 g/mol. The second kappa shape index (κ2) is 9.81. The van der Waals surface area contributed by atoms with Crippen LogP contribution in [-0.2, 0) is 9.47 Å². The topological polar surface area (TPSA) is 87.4 Å². The molecule has 2 unspecified atom stereocenters. The van der Waals surface area contributed by atoms with Gasteiger partial charge in [0.15, 0.2) is 5.69 Å². The minimum absolute atomic E-state index is 0.00782. The summed E-state index contributed by atoms with van der Waals surface area (Å²) in [5.74, 6) is 1.10. The van der Waals surface area contributed by atoms with Crippen LogP contribution in [0.25, 0.3) is 4.85 Å². The Labute approximate surface area is 197 Å². The third-order valence-corrected chi connectivity index (χ3v) is 5.88. The fourth-order valence-electron chi connectivity index (χ4n) is 4.03. The Kier molecular flexibility index (Phi) is 6.86. The lowest BCUT2D eigenvalue weighted by atomic mass is 9.84. The van der Waals surface area contributed by atoms with Crippen LogP contribution in [0.1, 0.15) is 19.4 Å². The van der Waals surface area contributed by atoms with E-state index in [1.807, 2.05) is 20.8 Å². The number of piperidine rings is 1. The van der Waals surface area contributed by atoms with Crippen LogP contribution >= 0.6 is 11.6 Å². The molecule has 2 saturated heterocycles. The van der Waals surface area contributed by atoms with Crippen LogP contribution in [0.15, 0.2) is 24.5 Å². The van der Waals surface area contributed by atoms with Crippen molar-refractivity contribution in [2.24, 2.45) is 11.8 Å². The first-order valence-electron chi connectivity index (χ1n) is 10.7. The Morgan fingerprint density at radius 1 is 1.24 bits per heavy atom. The van der Waals surface area contributed by atoms with Crippen molar-refractivity contribution in [3.8, 4) is 17.5 Å². The van der Waals surface area contributed by atoms with Gasteiger partial charge in [-0.1, -0.05) is 17.7 Å². The lowest BCUT2D eigenvalue weighted by molar-refractivity contribution is -0.111. The van der Waals surface area contributed by atoms with Crippen molar-refractivity contribution >= 4 is 23.4 Å². The Balaban J connectivity index is 1.49. The molecule has 2 aromatic rings. The van der Waals surface area contributed by atoms with E-state index in [9.17, 15) is 4.79 Å². The fourth-order valence-corrected chi connectivity index (χ4v) is 4.25. The Morgan fingerprint density at radius 3 is 2.58 bits per heavy atom. The van der Waals surface area contributed by atoms with E-state index < -0.39 is 0 Å². The maximum Gasteiger partial charge on any atom is 0.410 e. The molecule has 0 saturated carbocycles. The summed E-state index contributed by atoms with van der Waals surface area (Å²) in [4.78, 5) is 26.0. The third kappa shape index (κ3) is 5.13. The summed E-state index contributed by atoms with van der Waals surface area (Å²) in [6, 6.07) is 4.80. The average Bonchev–Trinajstić information content (AvgIpc) is 2.76. The van der Waals surface area contributed by atoms with Crippen molar-refractivity contribution in [1.82, 2.24) is 14.9 Å². The van der Waals surface area contributed by atoms with Crippen molar-refractivity contribution in [3.63, 3.8) is 0 Å². The van der Waals surface area contributed by atoms with Crippen molar-refractivity contribution in [3.05, 3.63) is 46.5 Å². The molecule has 33 heavy (non-hydrogen) atoms. The highest BCUT2D eigenvalue weighted by Gasteiger charge is 2.44. The molecule has 1 amide bonds. The molecule has 4 rings (SSSR count). The zero-order valence-electron chi connectivity index (χ0n) is 18.7. The Hall–Kier alpha value is -3.09. The van der Waals surface area contributed by atoms with E-state index in [-0.39, 0.29) is 30.1 Å². The molecule has 1 aromatic carbocycles. The van der Waals surface area contributed by atoms with Gasteiger partial charge in [0.2, 0.25) is 11.8 Å². The van der Waals surface area contributed by atoms with Gasteiger partial charge in [-0.2, -0.15) is 0 Å². The molecule has 9 nitrogen and oxygen atoms in total. The number of hydrogen-bond acceptors (Lipinski definition) is 7. The average molecular weight is 473 g/mol. The standard InChI is InChI=1S/C23H25ClN4O5/c1-13(2)31-23(29)28-8-15-10-30-11-16(9-28)20(15)33-22-14(3)21(26-12-27-22)32-19-6-5-17(25-4)7-18(19)24/h5-7,12-13,15-16,20H,8-11H2,1-3H3. The number of halogens is 1. The molecule has 2 aliphatic rings. The number of aromatic nitrogens is 2. The summed E-state index contributed by atoms with van der Waals surface area (Å²) in [6.45, 7) is 14.5. The molecule has 2 fully saturated rings. The number of amides is 1. The number of benzene rings is 1. The highest BCUT2D eigenvalue weighted by atomic mass is 35.5. The molecule has 174 valence electrons.